The van der Waals surface area contributed by atoms with E-state index in [1.165, 1.54) is 25.3 Å². The number of aromatic nitrogens is 2. The monoisotopic (exact) mass is 608 g/mol. The Hall–Kier alpha value is -3.97. The van der Waals surface area contributed by atoms with Gasteiger partial charge in [-0.1, -0.05) is 6.07 Å². The molecular weight excluding hydrogens is 572 g/mol. The molecule has 2 saturated carbocycles. The van der Waals surface area contributed by atoms with Crippen LogP contribution in [0.2, 0.25) is 0 Å². The van der Waals surface area contributed by atoms with Gasteiger partial charge in [0.05, 0.1) is 18.2 Å². The summed E-state index contributed by atoms with van der Waals surface area (Å²) in [5.41, 5.74) is 5.14. The summed E-state index contributed by atoms with van der Waals surface area (Å²) in [6, 6.07) is 4.00. The molecule has 0 bridgehead atoms. The van der Waals surface area contributed by atoms with Crippen molar-refractivity contribution in [2.24, 2.45) is 23.5 Å². The minimum absolute atomic E-state index is 0.0396. The average Bonchev–Trinajstić information content (AvgIpc) is 3.86. The first-order valence-corrected chi connectivity index (χ1v) is 14.2. The Balaban J connectivity index is 1.52. The molecule has 0 radical (unpaired) electrons. The number of nitrogens with zero attached hydrogens (tertiary/aromatic N) is 3. The number of hydrogen-bond acceptors (Lipinski definition) is 5. The van der Waals surface area contributed by atoms with Crippen LogP contribution in [0.3, 0.4) is 0 Å². The smallest absolute Gasteiger partial charge is 0.368 e. The Morgan fingerprint density at radius 1 is 1.07 bits per heavy atom. The maximum Gasteiger partial charge on any atom is 0.406 e. The fraction of sp³-hybridized carbons (Fsp3) is 0.552. The Labute approximate surface area is 246 Å². The van der Waals surface area contributed by atoms with Gasteiger partial charge in [0.25, 0.3) is 5.91 Å². The standard InChI is InChI=1S/C29H36F4N6O4/c1-15(2)39-22(10-11-35-39)26(41)37-25(24(17-4-5-17)18-6-7-18)27(42)36-21-9-8-19(12-20(21)30)16(3)28(43)38(13-23(34)40)14-29(31,32)33/h8-12,15-18,24-25H,4-7,13-14H2,1-3H3,(H2,34,40)(H,36,42)(H,37,41)/t16?,25-/m0/s1. The molecule has 1 unspecified atom stereocenters. The van der Waals surface area contributed by atoms with E-state index in [1.54, 1.807) is 10.7 Å². The van der Waals surface area contributed by atoms with Crippen molar-refractivity contribution in [3.63, 3.8) is 0 Å². The van der Waals surface area contributed by atoms with Crippen LogP contribution in [0, 0.1) is 23.6 Å². The van der Waals surface area contributed by atoms with Gasteiger partial charge < -0.3 is 21.3 Å². The number of halogens is 4. The van der Waals surface area contributed by atoms with Crippen LogP contribution in [0.25, 0.3) is 0 Å². The maximum absolute atomic E-state index is 15.3. The van der Waals surface area contributed by atoms with Gasteiger partial charge >= 0.3 is 6.18 Å². The van der Waals surface area contributed by atoms with E-state index < -0.39 is 60.7 Å². The van der Waals surface area contributed by atoms with Gasteiger partial charge in [0, 0.05) is 12.2 Å². The second-order valence-corrected chi connectivity index (χ2v) is 11.7. The summed E-state index contributed by atoms with van der Waals surface area (Å²) in [7, 11) is 0. The number of amides is 4. The third-order valence-electron chi connectivity index (χ3n) is 7.83. The Morgan fingerprint density at radius 2 is 1.70 bits per heavy atom. The number of carbonyl (C=O) groups excluding carboxylic acids is 4. The molecular formula is C29H36F4N6O4. The van der Waals surface area contributed by atoms with Crippen molar-refractivity contribution in [2.75, 3.05) is 18.4 Å². The molecule has 0 aliphatic heterocycles. The van der Waals surface area contributed by atoms with Gasteiger partial charge in [0.15, 0.2) is 0 Å². The van der Waals surface area contributed by atoms with E-state index in [4.69, 9.17) is 5.73 Å². The minimum Gasteiger partial charge on any atom is -0.368 e. The van der Waals surface area contributed by atoms with Crippen LogP contribution in [0.4, 0.5) is 23.2 Å². The largest absolute Gasteiger partial charge is 0.406 e. The lowest BCUT2D eigenvalue weighted by Crippen LogP contribution is -2.50. The Kier molecular flexibility index (Phi) is 9.45. The molecule has 4 rings (SSSR count). The molecule has 1 heterocycles. The summed E-state index contributed by atoms with van der Waals surface area (Å²) in [4.78, 5) is 51.2. The van der Waals surface area contributed by atoms with Crippen LogP contribution in [-0.2, 0) is 14.4 Å². The van der Waals surface area contributed by atoms with E-state index in [2.05, 4.69) is 15.7 Å². The van der Waals surface area contributed by atoms with E-state index >= 15 is 4.39 Å². The van der Waals surface area contributed by atoms with E-state index in [0.717, 1.165) is 31.7 Å². The van der Waals surface area contributed by atoms with Crippen LogP contribution in [0.1, 0.15) is 74.5 Å². The van der Waals surface area contributed by atoms with Crippen molar-refractivity contribution >= 4 is 29.3 Å². The molecule has 2 aliphatic rings. The van der Waals surface area contributed by atoms with Crippen molar-refractivity contribution in [1.82, 2.24) is 20.0 Å². The zero-order valence-electron chi connectivity index (χ0n) is 24.2. The normalized spacial score (nSPS) is 16.6. The number of rotatable bonds is 13. The first-order valence-electron chi connectivity index (χ1n) is 14.2. The van der Waals surface area contributed by atoms with Crippen LogP contribution < -0.4 is 16.4 Å². The van der Waals surface area contributed by atoms with Crippen molar-refractivity contribution in [3.8, 4) is 0 Å². The van der Waals surface area contributed by atoms with Crippen LogP contribution in [-0.4, -0.2) is 63.6 Å². The lowest BCUT2D eigenvalue weighted by molar-refractivity contribution is -0.163. The Bertz CT molecular complexity index is 1360. The zero-order chi connectivity index (χ0) is 31.6. The molecule has 43 heavy (non-hydrogen) atoms. The van der Waals surface area contributed by atoms with Gasteiger partial charge in [-0.2, -0.15) is 18.3 Å². The highest BCUT2D eigenvalue weighted by Gasteiger charge is 2.48. The molecule has 0 spiro atoms. The molecule has 4 N–H and O–H groups in total. The average molecular weight is 609 g/mol. The number of carbonyl (C=O) groups is 4. The van der Waals surface area contributed by atoms with Gasteiger partial charge in [0.2, 0.25) is 17.7 Å². The van der Waals surface area contributed by atoms with Crippen molar-refractivity contribution in [1.29, 1.82) is 0 Å². The van der Waals surface area contributed by atoms with Gasteiger partial charge in [-0.15, -0.1) is 0 Å². The van der Waals surface area contributed by atoms with Crippen LogP contribution in [0.15, 0.2) is 30.5 Å². The zero-order valence-corrected chi connectivity index (χ0v) is 24.2. The molecule has 234 valence electrons. The quantitative estimate of drug-likeness (QED) is 0.297. The number of benzene rings is 1. The highest BCUT2D eigenvalue weighted by molar-refractivity contribution is 6.01. The molecule has 1 aromatic carbocycles. The molecule has 2 atom stereocenters. The summed E-state index contributed by atoms with van der Waals surface area (Å²) >= 11 is 0. The summed E-state index contributed by atoms with van der Waals surface area (Å²) in [5.74, 6) is -5.01. The molecule has 14 heteroatoms. The molecule has 2 fully saturated rings. The van der Waals surface area contributed by atoms with E-state index in [9.17, 15) is 32.3 Å². The van der Waals surface area contributed by atoms with Crippen molar-refractivity contribution < 1.29 is 36.7 Å². The SMILES string of the molecule is CC(C(=O)N(CC(N)=O)CC(F)(F)F)c1ccc(NC(=O)[C@@H](NC(=O)c2ccnn2C(C)C)C(C2CC2)C2CC2)c(F)c1. The predicted octanol–water partition coefficient (Wildman–Crippen LogP) is 3.76. The number of nitrogens with one attached hydrogen (secondary N) is 2. The summed E-state index contributed by atoms with van der Waals surface area (Å²) in [6.07, 6.45) is 0.453. The summed E-state index contributed by atoms with van der Waals surface area (Å²) < 4.78 is 55.8. The van der Waals surface area contributed by atoms with E-state index in [-0.39, 0.29) is 39.9 Å². The molecule has 4 amide bonds. The lowest BCUT2D eigenvalue weighted by atomic mass is 9.88. The van der Waals surface area contributed by atoms with E-state index in [1.807, 2.05) is 13.8 Å². The molecule has 1 aromatic heterocycles. The summed E-state index contributed by atoms with van der Waals surface area (Å²) in [6.45, 7) is 2.38. The molecule has 10 nitrogen and oxygen atoms in total. The molecule has 2 aliphatic carbocycles. The highest BCUT2D eigenvalue weighted by atomic mass is 19.4. The highest BCUT2D eigenvalue weighted by Crippen LogP contribution is 2.51. The van der Waals surface area contributed by atoms with Crippen molar-refractivity contribution in [3.05, 3.63) is 47.5 Å². The number of nitrogens with two attached hydrogens (primary N) is 1. The number of alkyl halides is 3. The molecule has 0 saturated heterocycles. The van der Waals surface area contributed by atoms with Crippen LogP contribution in [0.5, 0.6) is 0 Å². The van der Waals surface area contributed by atoms with Crippen LogP contribution >= 0.6 is 0 Å². The maximum atomic E-state index is 15.3. The Morgan fingerprint density at radius 3 is 2.21 bits per heavy atom. The van der Waals surface area contributed by atoms with Gasteiger partial charge in [-0.25, -0.2) is 4.39 Å². The first-order chi connectivity index (χ1) is 20.2. The number of anilines is 1. The third kappa shape index (κ3) is 8.11. The topological polar surface area (TPSA) is 139 Å². The first kappa shape index (κ1) is 32.0. The fourth-order valence-corrected chi connectivity index (χ4v) is 5.49. The lowest BCUT2D eigenvalue weighted by Gasteiger charge is -2.28. The molecule has 2 aromatic rings. The summed E-state index contributed by atoms with van der Waals surface area (Å²) in [5, 5.41) is 9.62. The second kappa shape index (κ2) is 12.7. The van der Waals surface area contributed by atoms with Gasteiger partial charge in [-0.3, -0.25) is 23.9 Å². The fourth-order valence-electron chi connectivity index (χ4n) is 5.49. The number of hydrogen-bond donors (Lipinski definition) is 3. The number of primary amides is 1. The van der Waals surface area contributed by atoms with Crippen molar-refractivity contribution in [2.45, 2.75) is 70.6 Å². The van der Waals surface area contributed by atoms with E-state index in [0.29, 0.717) is 5.69 Å². The predicted molar refractivity (Wildman–Crippen MR) is 148 cm³/mol. The third-order valence-corrected chi connectivity index (χ3v) is 7.83. The van der Waals surface area contributed by atoms with Gasteiger partial charge in [-0.05, 0) is 88.0 Å². The van der Waals surface area contributed by atoms with Gasteiger partial charge in [0.1, 0.15) is 24.1 Å². The second-order valence-electron chi connectivity index (χ2n) is 11.7. The minimum atomic E-state index is -4.77.